The molecule has 1 aromatic heterocycles. The highest BCUT2D eigenvalue weighted by molar-refractivity contribution is 6.31. The van der Waals surface area contributed by atoms with Crippen LogP contribution >= 0.6 is 11.6 Å². The van der Waals surface area contributed by atoms with Crippen molar-refractivity contribution in [1.82, 2.24) is 34.9 Å². The van der Waals surface area contributed by atoms with Gasteiger partial charge in [0, 0.05) is 92.2 Å². The lowest BCUT2D eigenvalue weighted by atomic mass is 10.0. The van der Waals surface area contributed by atoms with Gasteiger partial charge in [-0.1, -0.05) is 24.2 Å². The molecule has 3 saturated heterocycles. The Labute approximate surface area is 380 Å². The first-order chi connectivity index (χ1) is 31.5. The Morgan fingerprint density at radius 3 is 2.55 bits per heavy atom. The van der Waals surface area contributed by atoms with Crippen molar-refractivity contribution in [3.8, 4) is 5.75 Å². The highest BCUT2D eigenvalue weighted by Crippen LogP contribution is 2.35. The lowest BCUT2D eigenvalue weighted by Gasteiger charge is -2.42. The van der Waals surface area contributed by atoms with Crippen LogP contribution in [0.25, 0.3) is 10.9 Å². The van der Waals surface area contributed by atoms with Gasteiger partial charge < -0.3 is 40.1 Å². The fraction of sp³-hybridized carbons (Fsp3) is 0.413. The van der Waals surface area contributed by atoms with Gasteiger partial charge in [0.05, 0.1) is 29.4 Å². The van der Waals surface area contributed by atoms with E-state index in [9.17, 15) is 28.4 Å². The molecule has 3 aromatic carbocycles. The van der Waals surface area contributed by atoms with Crippen LogP contribution in [-0.2, 0) is 30.5 Å². The van der Waals surface area contributed by atoms with E-state index < -0.39 is 23.7 Å². The third kappa shape index (κ3) is 10.8. The Hall–Kier alpha value is -6.21. The highest BCUT2D eigenvalue weighted by atomic mass is 35.5. The molecule has 5 heterocycles. The lowest BCUT2D eigenvalue weighted by Crippen LogP contribution is -2.54. The molecule has 0 radical (unpaired) electrons. The van der Waals surface area contributed by atoms with E-state index in [1.54, 1.807) is 30.3 Å². The van der Waals surface area contributed by atoms with E-state index in [-0.39, 0.29) is 42.3 Å². The number of rotatable bonds is 17. The third-order valence-electron chi connectivity index (χ3n) is 12.3. The number of hydrogen-bond acceptors (Lipinski definition) is 13. The summed E-state index contributed by atoms with van der Waals surface area (Å²) in [6, 6.07) is 13.0. The number of fused-ring (bicyclic) bond motifs is 2. The summed E-state index contributed by atoms with van der Waals surface area (Å²) in [5.74, 6) is -1.03. The normalized spacial score (nSPS) is 18.4. The predicted octanol–water partition coefficient (Wildman–Crippen LogP) is 4.56. The maximum Gasteiger partial charge on any atom is 0.255 e. The van der Waals surface area contributed by atoms with E-state index in [1.807, 2.05) is 11.0 Å². The third-order valence-corrected chi connectivity index (χ3v) is 12.6. The van der Waals surface area contributed by atoms with Gasteiger partial charge in [-0.05, 0) is 81.2 Å². The molecule has 8 rings (SSSR count). The summed E-state index contributed by atoms with van der Waals surface area (Å²) in [5, 5.41) is 12.2. The fourth-order valence-corrected chi connectivity index (χ4v) is 9.05. The van der Waals surface area contributed by atoms with Gasteiger partial charge in [-0.3, -0.25) is 34.2 Å². The first-order valence-corrected chi connectivity index (χ1v) is 22.3. The van der Waals surface area contributed by atoms with Crippen LogP contribution in [0.1, 0.15) is 48.0 Å². The zero-order valence-electron chi connectivity index (χ0n) is 36.0. The van der Waals surface area contributed by atoms with Crippen molar-refractivity contribution in [2.24, 2.45) is 0 Å². The minimum absolute atomic E-state index is 0.00814. The first kappa shape index (κ1) is 45.4. The number of likely N-dealkylation sites (tertiary alicyclic amines) is 1. The Kier molecular flexibility index (Phi) is 14.5. The Morgan fingerprint density at radius 2 is 1.78 bits per heavy atom. The molecule has 4 aliphatic heterocycles. The molecule has 5 amide bonds. The molecule has 0 spiro atoms. The Balaban J connectivity index is 0.729. The molecule has 4 N–H and O–H groups in total. The van der Waals surface area contributed by atoms with Gasteiger partial charge in [-0.25, -0.2) is 14.4 Å². The second-order valence-electron chi connectivity index (χ2n) is 16.4. The summed E-state index contributed by atoms with van der Waals surface area (Å²) in [6.45, 7) is 10.7. The zero-order valence-corrected chi connectivity index (χ0v) is 36.7. The lowest BCUT2D eigenvalue weighted by molar-refractivity contribution is -0.138. The smallest absolute Gasteiger partial charge is 0.255 e. The van der Waals surface area contributed by atoms with Crippen LogP contribution in [0.2, 0.25) is 5.02 Å². The molecule has 4 aromatic rings. The van der Waals surface area contributed by atoms with Crippen molar-refractivity contribution < 1.29 is 37.8 Å². The van der Waals surface area contributed by atoms with Gasteiger partial charge >= 0.3 is 0 Å². The molecule has 0 saturated carbocycles. The average Bonchev–Trinajstić information content (AvgIpc) is 3.65. The maximum atomic E-state index is 13.7. The molecule has 0 aliphatic carbocycles. The van der Waals surface area contributed by atoms with Crippen LogP contribution in [0.4, 0.5) is 27.3 Å². The number of carbonyl (C=O) groups excluding carboxylic acids is 5. The van der Waals surface area contributed by atoms with Crippen molar-refractivity contribution >= 4 is 74.9 Å². The number of benzene rings is 3. The van der Waals surface area contributed by atoms with Crippen LogP contribution in [0, 0.1) is 5.82 Å². The monoisotopic (exact) mass is 910 g/mol. The molecule has 17 nitrogen and oxygen atoms in total. The maximum absolute atomic E-state index is 13.7. The van der Waals surface area contributed by atoms with E-state index in [1.165, 1.54) is 29.4 Å². The van der Waals surface area contributed by atoms with Gasteiger partial charge in [0.2, 0.25) is 23.6 Å². The molecule has 19 heteroatoms. The average molecular weight is 911 g/mol. The summed E-state index contributed by atoms with van der Waals surface area (Å²) in [5.41, 5.74) is 3.68. The second kappa shape index (κ2) is 20.7. The van der Waals surface area contributed by atoms with E-state index in [0.29, 0.717) is 84.7 Å². The SMILES string of the molecule is C=CC(=O)Nc1cc2c(Nc3ccc(F)c(Cl)c3)ncnc2cc1OCCCN1CCC(N2CCN(C(=O)COCCNc3cccc4c3CN(C3CCC(=O)NC3=O)C4=O)CC2)CC1. The summed E-state index contributed by atoms with van der Waals surface area (Å²) >= 11 is 5.98. The number of amides is 5. The quantitative estimate of drug-likeness (QED) is 0.0657. The molecule has 3 fully saturated rings. The van der Waals surface area contributed by atoms with Crippen LogP contribution in [0.15, 0.2) is 67.5 Å². The summed E-state index contributed by atoms with van der Waals surface area (Å²) in [4.78, 5) is 79.7. The number of halogens is 2. The number of anilines is 4. The standard InChI is InChI=1S/C46H52ClFN10O7/c1-2-41(59)53-38-24-32-37(50-28-51-44(32)52-29-7-8-35(48)34(47)23-29)25-40(38)65-21-4-14-55-15-11-30(12-16-55)56-17-19-57(20-18-56)43(61)27-64-22-13-49-36-6-3-5-31-33(36)26-58(46(31)63)39-9-10-42(60)54-45(39)62/h2-3,5-8,23-25,28,30,39,49H,1,4,9-22,26-27H2,(H,53,59)(H,50,51,52)(H,54,60,62). The number of nitrogens with one attached hydrogen (secondary N) is 4. The van der Waals surface area contributed by atoms with E-state index >= 15 is 0 Å². The minimum atomic E-state index is -0.676. The predicted molar refractivity (Wildman–Crippen MR) is 243 cm³/mol. The summed E-state index contributed by atoms with van der Waals surface area (Å²) in [7, 11) is 0. The van der Waals surface area contributed by atoms with Gasteiger partial charge in [-0.2, -0.15) is 0 Å². The van der Waals surface area contributed by atoms with Gasteiger partial charge in [0.1, 0.15) is 36.4 Å². The molecule has 1 atom stereocenters. The minimum Gasteiger partial charge on any atom is -0.491 e. The molecule has 4 aliphatic rings. The van der Waals surface area contributed by atoms with Gasteiger partial charge in [-0.15, -0.1) is 0 Å². The van der Waals surface area contributed by atoms with Crippen LogP contribution in [0.3, 0.4) is 0 Å². The van der Waals surface area contributed by atoms with Gasteiger partial charge in [0.25, 0.3) is 5.91 Å². The number of nitrogens with zero attached hydrogens (tertiary/aromatic N) is 6. The van der Waals surface area contributed by atoms with Crippen LogP contribution in [-0.4, -0.2) is 143 Å². The van der Waals surface area contributed by atoms with Crippen molar-refractivity contribution in [3.63, 3.8) is 0 Å². The van der Waals surface area contributed by atoms with Crippen molar-refractivity contribution in [3.05, 3.63) is 89.5 Å². The largest absolute Gasteiger partial charge is 0.491 e. The van der Waals surface area contributed by atoms with Gasteiger partial charge in [0.15, 0.2) is 0 Å². The topological polar surface area (TPSA) is 191 Å². The molecule has 65 heavy (non-hydrogen) atoms. The van der Waals surface area contributed by atoms with Crippen molar-refractivity contribution in [2.45, 2.75) is 50.7 Å². The summed E-state index contributed by atoms with van der Waals surface area (Å²) < 4.78 is 25.7. The molecule has 342 valence electrons. The Morgan fingerprint density at radius 1 is 0.969 bits per heavy atom. The van der Waals surface area contributed by atoms with E-state index in [4.69, 9.17) is 21.1 Å². The zero-order chi connectivity index (χ0) is 45.5. The molecular weight excluding hydrogens is 859 g/mol. The van der Waals surface area contributed by atoms with Crippen LogP contribution < -0.4 is 26.0 Å². The second-order valence-corrected chi connectivity index (χ2v) is 16.8. The number of piperidine rings is 2. The number of imide groups is 1. The Bertz CT molecular complexity index is 2460. The number of carbonyl (C=O) groups is 5. The fourth-order valence-electron chi connectivity index (χ4n) is 8.87. The molecule has 1 unspecified atom stereocenters. The van der Waals surface area contributed by atoms with Crippen molar-refractivity contribution in [1.29, 1.82) is 0 Å². The highest BCUT2D eigenvalue weighted by Gasteiger charge is 2.40. The number of ether oxygens (including phenoxy) is 2. The van der Waals surface area contributed by atoms with Crippen LogP contribution in [0.5, 0.6) is 5.75 Å². The molecular formula is C46H52ClFN10O7. The first-order valence-electron chi connectivity index (χ1n) is 21.9. The summed E-state index contributed by atoms with van der Waals surface area (Å²) in [6.07, 6.45) is 5.96. The molecule has 0 bridgehead atoms. The van der Waals surface area contributed by atoms with E-state index in [0.717, 1.165) is 63.2 Å². The van der Waals surface area contributed by atoms with E-state index in [2.05, 4.69) is 47.6 Å². The van der Waals surface area contributed by atoms with Crippen molar-refractivity contribution in [2.75, 3.05) is 88.1 Å². The number of hydrogen-bond donors (Lipinski definition) is 4. The number of piperazine rings is 1. The number of aromatic nitrogens is 2.